The summed E-state index contributed by atoms with van der Waals surface area (Å²) in [5.74, 6) is 0.802. The summed E-state index contributed by atoms with van der Waals surface area (Å²) in [6.07, 6.45) is 1.16. The first-order valence-electron chi connectivity index (χ1n) is 5.75. The molecule has 0 aliphatic rings. The van der Waals surface area contributed by atoms with Gasteiger partial charge in [-0.3, -0.25) is 10.1 Å². The highest BCUT2D eigenvalue weighted by atomic mass is 35.5. The van der Waals surface area contributed by atoms with Crippen molar-refractivity contribution in [2.24, 2.45) is 0 Å². The number of halogens is 1. The fourth-order valence-electron chi connectivity index (χ4n) is 1.50. The molecule has 0 spiro atoms. The molecule has 0 fully saturated rings. The lowest BCUT2D eigenvalue weighted by Gasteiger charge is -2.08. The van der Waals surface area contributed by atoms with E-state index in [4.69, 9.17) is 16.3 Å². The monoisotopic (exact) mass is 294 g/mol. The van der Waals surface area contributed by atoms with E-state index in [2.05, 4.69) is 15.3 Å². The zero-order chi connectivity index (χ0) is 14.4. The molecule has 1 N–H and O–H groups in total. The van der Waals surface area contributed by atoms with E-state index in [1.165, 1.54) is 0 Å². The van der Waals surface area contributed by atoms with E-state index in [9.17, 15) is 10.1 Å². The van der Waals surface area contributed by atoms with E-state index >= 15 is 0 Å². The average Bonchev–Trinajstić information content (AvgIpc) is 2.44. The van der Waals surface area contributed by atoms with E-state index < -0.39 is 4.92 Å². The molecule has 0 unspecified atom stereocenters. The third kappa shape index (κ3) is 3.55. The van der Waals surface area contributed by atoms with E-state index in [-0.39, 0.29) is 16.7 Å². The van der Waals surface area contributed by atoms with Crippen molar-refractivity contribution < 1.29 is 9.66 Å². The molecule has 0 radical (unpaired) electrons. The number of hydrogen-bond acceptors (Lipinski definition) is 6. The SMILES string of the molecule is O=[N+]([O-])c1c(Cl)ncnc1NCCOc1ccccc1. The van der Waals surface area contributed by atoms with Crippen molar-refractivity contribution in [3.8, 4) is 5.75 Å². The summed E-state index contributed by atoms with van der Waals surface area (Å²) >= 11 is 5.67. The number of aromatic nitrogens is 2. The minimum absolute atomic E-state index is 0.0756. The van der Waals surface area contributed by atoms with Gasteiger partial charge in [-0.1, -0.05) is 29.8 Å². The van der Waals surface area contributed by atoms with Crippen LogP contribution in [-0.2, 0) is 0 Å². The second-order valence-corrected chi connectivity index (χ2v) is 4.07. The van der Waals surface area contributed by atoms with E-state index in [0.717, 1.165) is 12.1 Å². The Morgan fingerprint density at radius 3 is 2.75 bits per heavy atom. The number of ether oxygens (including phenoxy) is 1. The van der Waals surface area contributed by atoms with Crippen LogP contribution in [-0.4, -0.2) is 28.0 Å². The molecule has 0 atom stereocenters. The van der Waals surface area contributed by atoms with Gasteiger partial charge in [0.2, 0.25) is 11.0 Å². The van der Waals surface area contributed by atoms with Crippen LogP contribution in [0.3, 0.4) is 0 Å². The van der Waals surface area contributed by atoms with Crippen molar-refractivity contribution >= 4 is 23.1 Å². The Morgan fingerprint density at radius 1 is 1.30 bits per heavy atom. The molecule has 0 saturated heterocycles. The number of nitro groups is 1. The van der Waals surface area contributed by atoms with Gasteiger partial charge in [-0.05, 0) is 12.1 Å². The number of rotatable bonds is 6. The zero-order valence-electron chi connectivity index (χ0n) is 10.3. The van der Waals surface area contributed by atoms with Gasteiger partial charge in [0.15, 0.2) is 0 Å². The lowest BCUT2D eigenvalue weighted by Crippen LogP contribution is -2.13. The standard InChI is InChI=1S/C12H11ClN4O3/c13-11-10(17(18)19)12(16-8-15-11)14-6-7-20-9-4-2-1-3-5-9/h1-5,8H,6-7H2,(H,14,15,16). The van der Waals surface area contributed by atoms with Crippen molar-refractivity contribution in [1.82, 2.24) is 9.97 Å². The number of para-hydroxylation sites is 1. The van der Waals surface area contributed by atoms with Crippen molar-refractivity contribution in [1.29, 1.82) is 0 Å². The Hall–Kier alpha value is -2.41. The summed E-state index contributed by atoms with van der Waals surface area (Å²) in [4.78, 5) is 17.6. The molecule has 104 valence electrons. The Bertz CT molecular complexity index is 595. The summed E-state index contributed by atoms with van der Waals surface area (Å²) in [6, 6.07) is 9.25. The first kappa shape index (κ1) is 14.0. The quantitative estimate of drug-likeness (QED) is 0.381. The maximum Gasteiger partial charge on any atom is 0.348 e. The lowest BCUT2D eigenvalue weighted by molar-refractivity contribution is -0.384. The van der Waals surface area contributed by atoms with E-state index in [0.29, 0.717) is 13.2 Å². The van der Waals surface area contributed by atoms with Crippen molar-refractivity contribution in [2.75, 3.05) is 18.5 Å². The van der Waals surface area contributed by atoms with Gasteiger partial charge in [0.25, 0.3) is 0 Å². The Kier molecular flexibility index (Phi) is 4.67. The maximum atomic E-state index is 10.9. The van der Waals surface area contributed by atoms with Gasteiger partial charge in [-0.15, -0.1) is 0 Å². The van der Waals surface area contributed by atoms with Gasteiger partial charge < -0.3 is 10.1 Å². The molecule has 2 rings (SSSR count). The minimum atomic E-state index is -0.622. The van der Waals surface area contributed by atoms with E-state index in [1.54, 1.807) is 0 Å². The van der Waals surface area contributed by atoms with Crippen molar-refractivity contribution in [3.05, 3.63) is 51.9 Å². The fraction of sp³-hybridized carbons (Fsp3) is 0.167. The predicted molar refractivity (Wildman–Crippen MR) is 74.1 cm³/mol. The first-order valence-corrected chi connectivity index (χ1v) is 6.13. The van der Waals surface area contributed by atoms with Crippen LogP contribution in [0.25, 0.3) is 0 Å². The summed E-state index contributed by atoms with van der Waals surface area (Å²) in [6.45, 7) is 0.686. The van der Waals surface area contributed by atoms with Crippen LogP contribution in [0.15, 0.2) is 36.7 Å². The van der Waals surface area contributed by atoms with Gasteiger partial charge in [0.05, 0.1) is 11.5 Å². The van der Waals surface area contributed by atoms with Crippen LogP contribution >= 0.6 is 11.6 Å². The molecule has 0 bridgehead atoms. The topological polar surface area (TPSA) is 90.2 Å². The Morgan fingerprint density at radius 2 is 2.05 bits per heavy atom. The zero-order valence-corrected chi connectivity index (χ0v) is 11.1. The van der Waals surface area contributed by atoms with Gasteiger partial charge >= 0.3 is 5.69 Å². The third-order valence-corrected chi connectivity index (χ3v) is 2.64. The van der Waals surface area contributed by atoms with Crippen LogP contribution in [0.4, 0.5) is 11.5 Å². The minimum Gasteiger partial charge on any atom is -0.492 e. The van der Waals surface area contributed by atoms with Crippen LogP contribution in [0.1, 0.15) is 0 Å². The molecular weight excluding hydrogens is 284 g/mol. The molecule has 1 heterocycles. The summed E-state index contributed by atoms with van der Waals surface area (Å²) < 4.78 is 5.45. The third-order valence-electron chi connectivity index (χ3n) is 2.37. The second-order valence-electron chi connectivity index (χ2n) is 3.71. The van der Waals surface area contributed by atoms with E-state index in [1.807, 2.05) is 30.3 Å². The molecule has 0 aliphatic carbocycles. The normalized spacial score (nSPS) is 10.1. The highest BCUT2D eigenvalue weighted by Gasteiger charge is 2.20. The summed E-state index contributed by atoms with van der Waals surface area (Å²) in [5, 5.41) is 13.5. The molecule has 2 aromatic rings. The number of benzene rings is 1. The largest absolute Gasteiger partial charge is 0.492 e. The van der Waals surface area contributed by atoms with Crippen molar-refractivity contribution in [2.45, 2.75) is 0 Å². The molecule has 0 aliphatic heterocycles. The lowest BCUT2D eigenvalue weighted by atomic mass is 10.3. The summed E-state index contributed by atoms with van der Waals surface area (Å²) in [7, 11) is 0. The molecule has 0 amide bonds. The molecule has 20 heavy (non-hydrogen) atoms. The van der Waals surface area contributed by atoms with Crippen LogP contribution < -0.4 is 10.1 Å². The Labute approximate surface area is 119 Å². The fourth-order valence-corrected chi connectivity index (χ4v) is 1.71. The molecule has 7 nitrogen and oxygen atoms in total. The van der Waals surface area contributed by atoms with Gasteiger partial charge in [-0.25, -0.2) is 9.97 Å². The summed E-state index contributed by atoms with van der Waals surface area (Å²) in [5.41, 5.74) is -0.339. The highest BCUT2D eigenvalue weighted by Crippen LogP contribution is 2.27. The van der Waals surface area contributed by atoms with Gasteiger partial charge in [0, 0.05) is 0 Å². The van der Waals surface area contributed by atoms with Crippen LogP contribution in [0.2, 0.25) is 5.15 Å². The first-order chi connectivity index (χ1) is 9.68. The second kappa shape index (κ2) is 6.67. The molecular formula is C12H11ClN4O3. The number of anilines is 1. The van der Waals surface area contributed by atoms with Crippen LogP contribution in [0, 0.1) is 10.1 Å². The number of nitrogens with one attached hydrogen (secondary N) is 1. The van der Waals surface area contributed by atoms with Crippen LogP contribution in [0.5, 0.6) is 5.75 Å². The number of nitrogens with zero attached hydrogens (tertiary/aromatic N) is 3. The molecule has 1 aromatic carbocycles. The predicted octanol–water partition coefficient (Wildman–Crippen LogP) is 2.53. The van der Waals surface area contributed by atoms with Gasteiger partial charge in [-0.2, -0.15) is 0 Å². The molecule has 1 aromatic heterocycles. The Balaban J connectivity index is 1.92. The van der Waals surface area contributed by atoms with Crippen molar-refractivity contribution in [3.63, 3.8) is 0 Å². The molecule has 0 saturated carbocycles. The highest BCUT2D eigenvalue weighted by molar-refractivity contribution is 6.31. The molecule has 8 heteroatoms. The van der Waals surface area contributed by atoms with Gasteiger partial charge in [0.1, 0.15) is 18.7 Å². The average molecular weight is 295 g/mol. The number of hydrogen-bond donors (Lipinski definition) is 1. The smallest absolute Gasteiger partial charge is 0.348 e. The maximum absolute atomic E-state index is 10.9.